The predicted octanol–water partition coefficient (Wildman–Crippen LogP) is 1.34. The van der Waals surface area contributed by atoms with E-state index in [4.69, 9.17) is 0 Å². The van der Waals surface area contributed by atoms with Crippen LogP contribution in [0.5, 0.6) is 0 Å². The van der Waals surface area contributed by atoms with E-state index in [0.717, 1.165) is 19.5 Å². The molecule has 0 aliphatic carbocycles. The average molecular weight is 222 g/mol. The van der Waals surface area contributed by atoms with E-state index in [1.165, 1.54) is 44.9 Å². The first-order chi connectivity index (χ1) is 6.41. The van der Waals surface area contributed by atoms with Gasteiger partial charge in [-0.15, -0.1) is 6.54 Å². The van der Waals surface area contributed by atoms with Gasteiger partial charge in [0.1, 0.15) is 0 Å². The minimum absolute atomic E-state index is 0. The Morgan fingerprint density at radius 1 is 0.857 bits per heavy atom. The minimum atomic E-state index is 0. The van der Waals surface area contributed by atoms with E-state index in [1.807, 2.05) is 0 Å². The Morgan fingerprint density at radius 3 is 2.00 bits per heavy atom. The summed E-state index contributed by atoms with van der Waals surface area (Å²) < 4.78 is 0. The van der Waals surface area contributed by atoms with Crippen LogP contribution in [0.15, 0.2) is 0 Å². The summed E-state index contributed by atoms with van der Waals surface area (Å²) in [6.07, 6.45) is 10.6. The first-order valence-electron chi connectivity index (χ1n) is 5.84. The molecule has 14 heavy (non-hydrogen) atoms. The molecule has 0 saturated carbocycles. The van der Waals surface area contributed by atoms with Crippen LogP contribution < -0.4 is 51.4 Å². The van der Waals surface area contributed by atoms with Crippen molar-refractivity contribution in [2.75, 3.05) is 13.1 Å². The minimum Gasteiger partial charge on any atom is -0.664 e. The molecule has 0 spiro atoms. The van der Waals surface area contributed by atoms with Crippen molar-refractivity contribution in [2.24, 2.45) is 0 Å². The van der Waals surface area contributed by atoms with Crippen molar-refractivity contribution in [1.82, 2.24) is 0 Å². The van der Waals surface area contributed by atoms with E-state index in [-0.39, 0.29) is 51.4 Å². The van der Waals surface area contributed by atoms with Gasteiger partial charge in [-0.25, -0.2) is 6.42 Å². The molecule has 0 heterocycles. The molecule has 0 saturated heterocycles. The quantitative estimate of drug-likeness (QED) is 0.301. The normalized spacial score (nSPS) is 9.86. The van der Waals surface area contributed by atoms with Gasteiger partial charge < -0.3 is 12.2 Å². The summed E-state index contributed by atoms with van der Waals surface area (Å²) in [5, 5.41) is 4.36. The standard InChI is InChI=1S/C12H25N.K/c1-3-5-6-7-8-9-10-12-13-11-4-2;/h2-12H2,1H3;/q-2;+1. The zero-order valence-corrected chi connectivity index (χ0v) is 13.3. The third-order valence-electron chi connectivity index (χ3n) is 2.24. The van der Waals surface area contributed by atoms with Crippen LogP contribution in [-0.2, 0) is 0 Å². The zero-order chi connectivity index (χ0) is 9.78. The molecule has 0 aliphatic rings. The molecule has 0 aromatic rings. The van der Waals surface area contributed by atoms with E-state index in [9.17, 15) is 0 Å². The smallest absolute Gasteiger partial charge is 0.664 e. The van der Waals surface area contributed by atoms with Gasteiger partial charge in [0.05, 0.1) is 0 Å². The van der Waals surface area contributed by atoms with Crippen LogP contribution in [0.2, 0.25) is 0 Å². The Hall–Kier alpha value is 1.60. The molecule has 0 atom stereocenters. The van der Waals surface area contributed by atoms with Crippen molar-refractivity contribution in [1.29, 1.82) is 0 Å². The van der Waals surface area contributed by atoms with Gasteiger partial charge in [0, 0.05) is 0 Å². The number of hydrogen-bond acceptors (Lipinski definition) is 0. The Balaban J connectivity index is 0. The summed E-state index contributed by atoms with van der Waals surface area (Å²) in [5.41, 5.74) is 0. The molecule has 0 unspecified atom stereocenters. The van der Waals surface area contributed by atoms with Crippen LogP contribution in [0.4, 0.5) is 0 Å². The third-order valence-corrected chi connectivity index (χ3v) is 2.24. The summed E-state index contributed by atoms with van der Waals surface area (Å²) in [6.45, 7) is 8.03. The average Bonchev–Trinajstić information content (AvgIpc) is 2.16. The van der Waals surface area contributed by atoms with E-state index < -0.39 is 0 Å². The molecule has 0 fully saturated rings. The Labute approximate surface area is 133 Å². The van der Waals surface area contributed by atoms with Crippen molar-refractivity contribution in [3.63, 3.8) is 0 Å². The molecule has 1 nitrogen and oxygen atoms in total. The van der Waals surface area contributed by atoms with Gasteiger partial charge in [0.2, 0.25) is 0 Å². The molecule has 2 heteroatoms. The van der Waals surface area contributed by atoms with Crippen LogP contribution in [0.3, 0.4) is 0 Å². The van der Waals surface area contributed by atoms with Crippen molar-refractivity contribution in [3.05, 3.63) is 12.2 Å². The van der Waals surface area contributed by atoms with Gasteiger partial charge in [0.25, 0.3) is 0 Å². The Morgan fingerprint density at radius 2 is 1.43 bits per heavy atom. The summed E-state index contributed by atoms with van der Waals surface area (Å²) >= 11 is 0. The van der Waals surface area contributed by atoms with E-state index >= 15 is 0 Å². The van der Waals surface area contributed by atoms with Crippen LogP contribution in [0, 0.1) is 6.92 Å². The monoisotopic (exact) mass is 222 g/mol. The summed E-state index contributed by atoms with van der Waals surface area (Å²) in [6, 6.07) is 0. The second kappa shape index (κ2) is 17.0. The number of rotatable bonds is 10. The second-order valence-electron chi connectivity index (χ2n) is 3.65. The Kier molecular flexibility index (Phi) is 21.8. The first-order valence-corrected chi connectivity index (χ1v) is 5.84. The number of unbranched alkanes of at least 4 members (excludes halogenated alkanes) is 6. The van der Waals surface area contributed by atoms with Crippen LogP contribution >= 0.6 is 0 Å². The molecule has 0 bridgehead atoms. The van der Waals surface area contributed by atoms with Gasteiger partial charge in [0.15, 0.2) is 0 Å². The molecule has 0 aliphatic heterocycles. The molecule has 0 amide bonds. The maximum atomic E-state index is 4.36. The van der Waals surface area contributed by atoms with Crippen LogP contribution in [0.1, 0.15) is 58.3 Å². The fourth-order valence-electron chi connectivity index (χ4n) is 1.40. The molecular weight excluding hydrogens is 197 g/mol. The molecular formula is C12H25KN-. The zero-order valence-electron chi connectivity index (χ0n) is 10.2. The van der Waals surface area contributed by atoms with Crippen molar-refractivity contribution < 1.29 is 51.4 Å². The number of hydrogen-bond donors (Lipinski definition) is 0. The molecule has 0 rings (SSSR count). The van der Waals surface area contributed by atoms with Crippen molar-refractivity contribution in [2.45, 2.75) is 58.3 Å². The topological polar surface area (TPSA) is 14.1 Å². The van der Waals surface area contributed by atoms with E-state index in [0.29, 0.717) is 0 Å². The van der Waals surface area contributed by atoms with E-state index in [1.54, 1.807) is 0 Å². The van der Waals surface area contributed by atoms with Gasteiger partial charge in [-0.2, -0.15) is 6.54 Å². The van der Waals surface area contributed by atoms with Crippen LogP contribution in [-0.4, -0.2) is 13.1 Å². The van der Waals surface area contributed by atoms with Gasteiger partial charge in [-0.1, -0.05) is 51.9 Å². The molecule has 0 radical (unpaired) electrons. The maximum Gasteiger partial charge on any atom is 1.00 e. The molecule has 0 aromatic carbocycles. The van der Waals surface area contributed by atoms with Crippen LogP contribution in [0.25, 0.3) is 5.32 Å². The summed E-state index contributed by atoms with van der Waals surface area (Å²) in [7, 11) is 0. The SMILES string of the molecule is [CH2-]CC[N-]CCCCCCCCC.[K+]. The number of nitrogens with zero attached hydrogens (tertiary/aromatic N) is 1. The fraction of sp³-hybridized carbons (Fsp3) is 0.917. The van der Waals surface area contributed by atoms with Crippen molar-refractivity contribution >= 4 is 0 Å². The van der Waals surface area contributed by atoms with Gasteiger partial charge >= 0.3 is 51.4 Å². The third kappa shape index (κ3) is 16.0. The van der Waals surface area contributed by atoms with Gasteiger partial charge in [-0.3, -0.25) is 0 Å². The second-order valence-corrected chi connectivity index (χ2v) is 3.65. The molecule has 0 N–H and O–H groups in total. The maximum absolute atomic E-state index is 4.36. The Bertz CT molecular complexity index is 76.4. The molecule has 0 aromatic heterocycles. The predicted molar refractivity (Wildman–Crippen MR) is 61.1 cm³/mol. The van der Waals surface area contributed by atoms with Gasteiger partial charge in [-0.05, 0) is 0 Å². The van der Waals surface area contributed by atoms with E-state index in [2.05, 4.69) is 19.2 Å². The summed E-state index contributed by atoms with van der Waals surface area (Å²) in [4.78, 5) is 0. The largest absolute Gasteiger partial charge is 1.00 e. The molecule has 80 valence electrons. The van der Waals surface area contributed by atoms with Crippen molar-refractivity contribution in [3.8, 4) is 0 Å². The fourth-order valence-corrected chi connectivity index (χ4v) is 1.40. The summed E-state index contributed by atoms with van der Waals surface area (Å²) in [5.74, 6) is 0. The first kappa shape index (κ1) is 18.0.